The summed E-state index contributed by atoms with van der Waals surface area (Å²) in [6.07, 6.45) is 5.20. The van der Waals surface area contributed by atoms with E-state index in [0.717, 1.165) is 12.8 Å². The van der Waals surface area contributed by atoms with Crippen molar-refractivity contribution in [1.82, 2.24) is 10.3 Å². The van der Waals surface area contributed by atoms with E-state index in [1.807, 2.05) is 6.92 Å². The maximum absolute atomic E-state index is 12.0. The first kappa shape index (κ1) is 13.5. The van der Waals surface area contributed by atoms with Gasteiger partial charge in [-0.3, -0.25) is 9.78 Å². The fraction of sp³-hybridized carbons (Fsp3) is 0.538. The summed E-state index contributed by atoms with van der Waals surface area (Å²) in [6, 6.07) is 1.79. The molecule has 1 rings (SSSR count). The topological polar surface area (TPSA) is 68.0 Å². The zero-order chi connectivity index (χ0) is 12.8. The van der Waals surface area contributed by atoms with Crippen LogP contribution in [0, 0.1) is 5.92 Å². The van der Waals surface area contributed by atoms with Gasteiger partial charge in [-0.25, -0.2) is 0 Å². The molecule has 0 radical (unpaired) electrons. The van der Waals surface area contributed by atoms with Gasteiger partial charge in [-0.2, -0.15) is 0 Å². The lowest BCUT2D eigenvalue weighted by Crippen LogP contribution is -2.38. The number of rotatable bonds is 5. The van der Waals surface area contributed by atoms with Crippen molar-refractivity contribution >= 4 is 11.6 Å². The third kappa shape index (κ3) is 3.44. The Morgan fingerprint density at radius 1 is 1.47 bits per heavy atom. The average molecular weight is 235 g/mol. The number of carbonyl (C=O) groups is 1. The number of nitrogens with two attached hydrogens (primary N) is 1. The van der Waals surface area contributed by atoms with Crippen LogP contribution >= 0.6 is 0 Å². The summed E-state index contributed by atoms with van der Waals surface area (Å²) in [5, 5.41) is 2.98. The van der Waals surface area contributed by atoms with Crippen LogP contribution in [0.25, 0.3) is 0 Å². The number of anilines is 1. The van der Waals surface area contributed by atoms with Crippen LogP contribution in [-0.4, -0.2) is 16.9 Å². The van der Waals surface area contributed by atoms with Gasteiger partial charge in [0.15, 0.2) is 0 Å². The van der Waals surface area contributed by atoms with Crippen molar-refractivity contribution in [2.45, 2.75) is 39.7 Å². The van der Waals surface area contributed by atoms with Gasteiger partial charge in [-0.15, -0.1) is 0 Å². The minimum atomic E-state index is -0.144. The molecule has 4 heteroatoms. The SMILES string of the molecule is CCC(CC)C(C)NC(=O)c1cnccc1N. The molecule has 0 aromatic carbocycles. The second kappa shape index (κ2) is 6.23. The average Bonchev–Trinajstić information content (AvgIpc) is 2.31. The molecule has 1 amide bonds. The van der Waals surface area contributed by atoms with Crippen LogP contribution in [0.15, 0.2) is 18.5 Å². The van der Waals surface area contributed by atoms with Crippen LogP contribution in [-0.2, 0) is 0 Å². The zero-order valence-corrected chi connectivity index (χ0v) is 10.7. The largest absolute Gasteiger partial charge is 0.398 e. The Bertz CT molecular complexity index is 375. The summed E-state index contributed by atoms with van der Waals surface area (Å²) in [4.78, 5) is 15.9. The highest BCUT2D eigenvalue weighted by molar-refractivity contribution is 5.98. The fourth-order valence-electron chi connectivity index (χ4n) is 1.99. The predicted octanol–water partition coefficient (Wildman–Crippen LogP) is 2.22. The number of nitrogens with zero attached hydrogens (tertiary/aromatic N) is 1. The van der Waals surface area contributed by atoms with E-state index in [1.165, 1.54) is 6.20 Å². The Kier molecular flexibility index (Phi) is 4.94. The van der Waals surface area contributed by atoms with E-state index in [9.17, 15) is 4.79 Å². The third-order valence-corrected chi connectivity index (χ3v) is 3.21. The van der Waals surface area contributed by atoms with Gasteiger partial charge in [0, 0.05) is 24.1 Å². The van der Waals surface area contributed by atoms with E-state index < -0.39 is 0 Å². The second-order valence-electron chi connectivity index (χ2n) is 4.30. The normalized spacial score (nSPS) is 12.5. The summed E-state index contributed by atoms with van der Waals surface area (Å²) in [5.41, 5.74) is 6.65. The smallest absolute Gasteiger partial charge is 0.255 e. The maximum Gasteiger partial charge on any atom is 0.255 e. The van der Waals surface area contributed by atoms with Gasteiger partial charge in [0.2, 0.25) is 0 Å². The molecule has 1 aromatic heterocycles. The molecule has 1 heterocycles. The molecule has 4 nitrogen and oxygen atoms in total. The number of carbonyl (C=O) groups excluding carboxylic acids is 1. The molecule has 0 fully saturated rings. The molecule has 0 spiro atoms. The zero-order valence-electron chi connectivity index (χ0n) is 10.7. The lowest BCUT2D eigenvalue weighted by Gasteiger charge is -2.22. The highest BCUT2D eigenvalue weighted by atomic mass is 16.1. The van der Waals surface area contributed by atoms with Crippen molar-refractivity contribution < 1.29 is 4.79 Å². The van der Waals surface area contributed by atoms with Gasteiger partial charge < -0.3 is 11.1 Å². The highest BCUT2D eigenvalue weighted by Gasteiger charge is 2.17. The molecule has 1 unspecified atom stereocenters. The molecule has 1 aromatic rings. The monoisotopic (exact) mass is 235 g/mol. The first-order valence-electron chi connectivity index (χ1n) is 6.10. The molecule has 0 aliphatic rings. The molecule has 0 saturated heterocycles. The minimum Gasteiger partial charge on any atom is -0.398 e. The second-order valence-corrected chi connectivity index (χ2v) is 4.30. The third-order valence-electron chi connectivity index (χ3n) is 3.21. The number of aromatic nitrogens is 1. The van der Waals surface area contributed by atoms with Crippen LogP contribution in [0.1, 0.15) is 44.0 Å². The van der Waals surface area contributed by atoms with Crippen molar-refractivity contribution in [3.05, 3.63) is 24.0 Å². The first-order valence-corrected chi connectivity index (χ1v) is 6.10. The lowest BCUT2D eigenvalue weighted by molar-refractivity contribution is 0.0926. The Balaban J connectivity index is 2.70. The molecule has 17 heavy (non-hydrogen) atoms. The molecule has 3 N–H and O–H groups in total. The molecule has 0 saturated carbocycles. The van der Waals surface area contributed by atoms with Crippen molar-refractivity contribution in [1.29, 1.82) is 0 Å². The van der Waals surface area contributed by atoms with Crippen LogP contribution in [0.2, 0.25) is 0 Å². The lowest BCUT2D eigenvalue weighted by atomic mass is 9.95. The molecule has 0 bridgehead atoms. The number of hydrogen-bond donors (Lipinski definition) is 2. The summed E-state index contributed by atoms with van der Waals surface area (Å²) in [7, 11) is 0. The number of hydrogen-bond acceptors (Lipinski definition) is 3. The first-order chi connectivity index (χ1) is 8.10. The van der Waals surface area contributed by atoms with Gasteiger partial charge in [-0.05, 0) is 18.9 Å². The summed E-state index contributed by atoms with van der Waals surface area (Å²) >= 11 is 0. The van der Waals surface area contributed by atoms with Crippen molar-refractivity contribution in [3.63, 3.8) is 0 Å². The van der Waals surface area contributed by atoms with Gasteiger partial charge >= 0.3 is 0 Å². The Morgan fingerprint density at radius 3 is 2.65 bits per heavy atom. The van der Waals surface area contributed by atoms with Crippen LogP contribution in [0.3, 0.4) is 0 Å². The van der Waals surface area contributed by atoms with Crippen LogP contribution in [0.4, 0.5) is 5.69 Å². The molecule has 1 atom stereocenters. The Hall–Kier alpha value is -1.58. The molecule has 0 aliphatic heterocycles. The Morgan fingerprint density at radius 2 is 2.12 bits per heavy atom. The van der Waals surface area contributed by atoms with Crippen molar-refractivity contribution in [2.24, 2.45) is 5.92 Å². The maximum atomic E-state index is 12.0. The number of nitrogen functional groups attached to an aromatic ring is 1. The van der Waals surface area contributed by atoms with E-state index in [4.69, 9.17) is 5.73 Å². The summed E-state index contributed by atoms with van der Waals surface area (Å²) in [6.45, 7) is 6.30. The highest BCUT2D eigenvalue weighted by Crippen LogP contribution is 2.14. The van der Waals surface area contributed by atoms with Gasteiger partial charge in [-0.1, -0.05) is 26.7 Å². The van der Waals surface area contributed by atoms with Crippen LogP contribution < -0.4 is 11.1 Å². The fourth-order valence-corrected chi connectivity index (χ4v) is 1.99. The minimum absolute atomic E-state index is 0.144. The Labute approximate surface area is 103 Å². The van der Waals surface area contributed by atoms with E-state index in [-0.39, 0.29) is 11.9 Å². The van der Waals surface area contributed by atoms with Gasteiger partial charge in [0.05, 0.1) is 5.56 Å². The van der Waals surface area contributed by atoms with Crippen molar-refractivity contribution in [3.8, 4) is 0 Å². The molecule has 94 valence electrons. The van der Waals surface area contributed by atoms with Crippen LogP contribution in [0.5, 0.6) is 0 Å². The predicted molar refractivity (Wildman–Crippen MR) is 69.6 cm³/mol. The summed E-state index contributed by atoms with van der Waals surface area (Å²) in [5.74, 6) is 0.354. The number of nitrogens with one attached hydrogen (secondary N) is 1. The standard InChI is InChI=1S/C13H21N3O/c1-4-10(5-2)9(3)16-13(17)11-8-15-7-6-12(11)14/h6-10H,4-5H2,1-3H3,(H2,14,15)(H,16,17). The van der Waals surface area contributed by atoms with Gasteiger partial charge in [0.25, 0.3) is 5.91 Å². The molecular weight excluding hydrogens is 214 g/mol. The van der Waals surface area contributed by atoms with E-state index >= 15 is 0 Å². The molecule has 0 aliphatic carbocycles. The van der Waals surface area contributed by atoms with Gasteiger partial charge in [0.1, 0.15) is 0 Å². The quantitative estimate of drug-likeness (QED) is 0.822. The molecular formula is C13H21N3O. The van der Waals surface area contributed by atoms with E-state index in [2.05, 4.69) is 24.1 Å². The van der Waals surface area contributed by atoms with Crippen molar-refractivity contribution in [2.75, 3.05) is 5.73 Å². The number of pyridine rings is 1. The van der Waals surface area contributed by atoms with E-state index in [0.29, 0.717) is 17.2 Å². The van der Waals surface area contributed by atoms with E-state index in [1.54, 1.807) is 12.3 Å². The summed E-state index contributed by atoms with van der Waals surface area (Å²) < 4.78 is 0. The number of amides is 1.